The van der Waals surface area contributed by atoms with Crippen LogP contribution in [0.1, 0.15) is 13.8 Å². The van der Waals surface area contributed by atoms with E-state index in [0.717, 1.165) is 0 Å². The van der Waals surface area contributed by atoms with Crippen molar-refractivity contribution in [3.05, 3.63) is 12.2 Å². The van der Waals surface area contributed by atoms with Crippen LogP contribution < -0.4 is 0 Å². The van der Waals surface area contributed by atoms with Crippen molar-refractivity contribution in [2.24, 2.45) is 5.92 Å². The Bertz CT molecular complexity index is 185. The molecule has 0 saturated carbocycles. The first kappa shape index (κ1) is 10.9. The molecule has 68 valence electrons. The second-order valence-electron chi connectivity index (χ2n) is 3.11. The first-order chi connectivity index (χ1) is 5.57. The summed E-state index contributed by atoms with van der Waals surface area (Å²) in [6.07, 6.45) is 3.08. The number of allylic oxidation sites excluding steroid dienone is 1. The normalized spacial score (nSPS) is 10.7. The second kappa shape index (κ2) is 5.52. The molecule has 0 fully saturated rings. The summed E-state index contributed by atoms with van der Waals surface area (Å²) in [5, 5.41) is 0. The summed E-state index contributed by atoms with van der Waals surface area (Å²) in [7, 11) is 1.72. The van der Waals surface area contributed by atoms with Crippen LogP contribution in [0.15, 0.2) is 12.2 Å². The lowest BCUT2D eigenvalue weighted by molar-refractivity contribution is -0.125. The average molecular weight is 169 g/mol. The highest BCUT2D eigenvalue weighted by Gasteiger charge is 2.05. The summed E-state index contributed by atoms with van der Waals surface area (Å²) >= 11 is 0. The fourth-order valence-corrected chi connectivity index (χ4v) is 0.887. The maximum Gasteiger partial charge on any atom is 0.246 e. The zero-order valence-electron chi connectivity index (χ0n) is 7.78. The summed E-state index contributed by atoms with van der Waals surface area (Å²) < 4.78 is 0. The van der Waals surface area contributed by atoms with Crippen molar-refractivity contribution in [2.75, 3.05) is 13.6 Å². The van der Waals surface area contributed by atoms with Crippen molar-refractivity contribution in [3.8, 4) is 0 Å². The van der Waals surface area contributed by atoms with E-state index in [-0.39, 0.29) is 5.91 Å². The van der Waals surface area contributed by atoms with Crippen LogP contribution in [0.3, 0.4) is 0 Å². The molecule has 0 aliphatic carbocycles. The van der Waals surface area contributed by atoms with Crippen molar-refractivity contribution in [2.45, 2.75) is 13.8 Å². The summed E-state index contributed by atoms with van der Waals surface area (Å²) in [5.74, 6) is 0.319. The SMILES string of the molecule is CC(C)CN(C)C(=O)/C=C\C=O. The molecule has 1 amide bonds. The molecular weight excluding hydrogens is 154 g/mol. The van der Waals surface area contributed by atoms with E-state index in [1.54, 1.807) is 11.9 Å². The molecule has 0 spiro atoms. The van der Waals surface area contributed by atoms with Crippen molar-refractivity contribution < 1.29 is 9.59 Å². The van der Waals surface area contributed by atoms with Crippen LogP contribution in [0.4, 0.5) is 0 Å². The highest BCUT2D eigenvalue weighted by Crippen LogP contribution is 1.96. The van der Waals surface area contributed by atoms with E-state index < -0.39 is 0 Å². The fraction of sp³-hybridized carbons (Fsp3) is 0.556. The maximum absolute atomic E-state index is 11.1. The van der Waals surface area contributed by atoms with E-state index in [9.17, 15) is 9.59 Å². The van der Waals surface area contributed by atoms with Gasteiger partial charge in [-0.3, -0.25) is 9.59 Å². The summed E-state index contributed by atoms with van der Waals surface area (Å²) in [6, 6.07) is 0. The Morgan fingerprint density at radius 2 is 2.08 bits per heavy atom. The maximum atomic E-state index is 11.1. The Balaban J connectivity index is 3.92. The van der Waals surface area contributed by atoms with Crippen LogP contribution in [0.2, 0.25) is 0 Å². The predicted molar refractivity (Wildman–Crippen MR) is 47.7 cm³/mol. The third-order valence-corrected chi connectivity index (χ3v) is 1.33. The van der Waals surface area contributed by atoms with Crippen molar-refractivity contribution in [1.82, 2.24) is 4.90 Å². The van der Waals surface area contributed by atoms with Crippen molar-refractivity contribution >= 4 is 12.2 Å². The summed E-state index contributed by atoms with van der Waals surface area (Å²) in [6.45, 7) is 4.78. The van der Waals surface area contributed by atoms with Crippen LogP contribution in [0, 0.1) is 5.92 Å². The van der Waals surface area contributed by atoms with Gasteiger partial charge in [0.05, 0.1) is 0 Å². The average Bonchev–Trinajstić information content (AvgIpc) is 1.98. The van der Waals surface area contributed by atoms with Gasteiger partial charge in [-0.25, -0.2) is 0 Å². The number of amides is 1. The largest absolute Gasteiger partial charge is 0.342 e. The minimum absolute atomic E-state index is 0.129. The number of carbonyl (C=O) groups is 2. The van der Waals surface area contributed by atoms with Gasteiger partial charge in [0, 0.05) is 19.7 Å². The van der Waals surface area contributed by atoms with Gasteiger partial charge in [-0.1, -0.05) is 13.8 Å². The van der Waals surface area contributed by atoms with E-state index in [0.29, 0.717) is 18.7 Å². The van der Waals surface area contributed by atoms with E-state index in [1.165, 1.54) is 12.2 Å². The van der Waals surface area contributed by atoms with Gasteiger partial charge in [0.25, 0.3) is 0 Å². The number of hydrogen-bond acceptors (Lipinski definition) is 2. The van der Waals surface area contributed by atoms with E-state index >= 15 is 0 Å². The molecule has 0 N–H and O–H groups in total. The van der Waals surface area contributed by atoms with Crippen molar-refractivity contribution in [1.29, 1.82) is 0 Å². The molecule has 3 nitrogen and oxygen atoms in total. The summed E-state index contributed by atoms with van der Waals surface area (Å²) in [4.78, 5) is 22.6. The van der Waals surface area contributed by atoms with Crippen LogP contribution in [-0.2, 0) is 9.59 Å². The Kier molecular flexibility index (Phi) is 5.00. The molecule has 3 heteroatoms. The van der Waals surface area contributed by atoms with Crippen molar-refractivity contribution in [3.63, 3.8) is 0 Å². The van der Waals surface area contributed by atoms with Crippen LogP contribution in [-0.4, -0.2) is 30.7 Å². The molecule has 12 heavy (non-hydrogen) atoms. The molecule has 0 bridgehead atoms. The van der Waals surface area contributed by atoms with Gasteiger partial charge < -0.3 is 4.90 Å². The second-order valence-corrected chi connectivity index (χ2v) is 3.11. The van der Waals surface area contributed by atoms with Gasteiger partial charge in [-0.2, -0.15) is 0 Å². The quantitative estimate of drug-likeness (QED) is 0.462. The standard InChI is InChI=1S/C9H15NO2/c1-8(2)7-10(3)9(12)5-4-6-11/h4-6,8H,7H2,1-3H3/b5-4-. The number of likely N-dealkylation sites (N-methyl/N-ethyl adjacent to an activating group) is 1. The Hall–Kier alpha value is -1.12. The molecule has 0 aromatic rings. The minimum atomic E-state index is -0.129. The molecule has 0 aromatic heterocycles. The third kappa shape index (κ3) is 4.66. The number of hydrogen-bond donors (Lipinski definition) is 0. The fourth-order valence-electron chi connectivity index (χ4n) is 0.887. The molecule has 0 aliphatic heterocycles. The topological polar surface area (TPSA) is 37.4 Å². The molecular formula is C9H15NO2. The van der Waals surface area contributed by atoms with E-state index in [2.05, 4.69) is 0 Å². The molecule has 0 aliphatic rings. The highest BCUT2D eigenvalue weighted by molar-refractivity contribution is 5.90. The lowest BCUT2D eigenvalue weighted by Gasteiger charge is -2.16. The van der Waals surface area contributed by atoms with Gasteiger partial charge in [0.1, 0.15) is 6.29 Å². The van der Waals surface area contributed by atoms with Crippen LogP contribution in [0.5, 0.6) is 0 Å². The van der Waals surface area contributed by atoms with Gasteiger partial charge >= 0.3 is 0 Å². The molecule has 0 atom stereocenters. The lowest BCUT2D eigenvalue weighted by Crippen LogP contribution is -2.28. The molecule has 0 unspecified atom stereocenters. The number of aldehydes is 1. The van der Waals surface area contributed by atoms with Crippen LogP contribution in [0.25, 0.3) is 0 Å². The zero-order chi connectivity index (χ0) is 9.56. The van der Waals surface area contributed by atoms with Gasteiger partial charge in [-0.05, 0) is 12.0 Å². The highest BCUT2D eigenvalue weighted by atomic mass is 16.2. The Labute approximate surface area is 73.1 Å². The van der Waals surface area contributed by atoms with Gasteiger partial charge in [0.15, 0.2) is 0 Å². The smallest absolute Gasteiger partial charge is 0.246 e. The Morgan fingerprint density at radius 3 is 2.50 bits per heavy atom. The first-order valence-corrected chi connectivity index (χ1v) is 3.95. The minimum Gasteiger partial charge on any atom is -0.342 e. The van der Waals surface area contributed by atoms with E-state index in [1.807, 2.05) is 13.8 Å². The van der Waals surface area contributed by atoms with Gasteiger partial charge in [-0.15, -0.1) is 0 Å². The molecule has 0 aromatic carbocycles. The lowest BCUT2D eigenvalue weighted by atomic mass is 10.2. The first-order valence-electron chi connectivity index (χ1n) is 3.95. The number of carbonyl (C=O) groups excluding carboxylic acids is 2. The number of rotatable bonds is 4. The molecule has 0 heterocycles. The summed E-state index contributed by atoms with van der Waals surface area (Å²) in [5.41, 5.74) is 0. The Morgan fingerprint density at radius 1 is 1.50 bits per heavy atom. The van der Waals surface area contributed by atoms with Gasteiger partial charge in [0.2, 0.25) is 5.91 Å². The predicted octanol–water partition coefficient (Wildman–Crippen LogP) is 0.856. The molecule has 0 rings (SSSR count). The number of nitrogens with zero attached hydrogens (tertiary/aromatic N) is 1. The molecule has 0 radical (unpaired) electrons. The van der Waals surface area contributed by atoms with E-state index in [4.69, 9.17) is 0 Å². The zero-order valence-corrected chi connectivity index (χ0v) is 7.78. The third-order valence-electron chi connectivity index (χ3n) is 1.33. The molecule has 0 saturated heterocycles. The van der Waals surface area contributed by atoms with Crippen LogP contribution >= 0.6 is 0 Å². The monoisotopic (exact) mass is 169 g/mol.